The summed E-state index contributed by atoms with van der Waals surface area (Å²) in [7, 11) is 0. The van der Waals surface area contributed by atoms with E-state index in [-0.39, 0.29) is 6.10 Å². The molecule has 12 heavy (non-hydrogen) atoms. The average Bonchev–Trinajstić information content (AvgIpc) is 2.09. The molecule has 0 heterocycles. The summed E-state index contributed by atoms with van der Waals surface area (Å²) in [4.78, 5) is 0. The zero-order valence-electron chi connectivity index (χ0n) is 8.05. The molecule has 1 N–H and O–H groups in total. The number of aliphatic hydroxyl groups is 1. The molecule has 0 aliphatic heterocycles. The zero-order chi connectivity index (χ0) is 9.23. The first-order valence-electron chi connectivity index (χ1n) is 4.83. The first kappa shape index (κ1) is 11.5. The normalized spacial score (nSPS) is 12.2. The van der Waals surface area contributed by atoms with Gasteiger partial charge in [0.2, 0.25) is 0 Å². The molecule has 0 saturated heterocycles. The van der Waals surface area contributed by atoms with Gasteiger partial charge in [-0.1, -0.05) is 39.2 Å². The fourth-order valence-electron chi connectivity index (χ4n) is 1.14. The Kier molecular flexibility index (Phi) is 8.20. The van der Waals surface area contributed by atoms with Gasteiger partial charge in [0.05, 0.1) is 6.10 Å². The molecular weight excluding hydrogens is 148 g/mol. The Morgan fingerprint density at radius 1 is 1.42 bits per heavy atom. The molecule has 70 valence electrons. The van der Waals surface area contributed by atoms with Crippen LogP contribution in [0.3, 0.4) is 0 Å². The second-order valence-corrected chi connectivity index (χ2v) is 3.15. The minimum atomic E-state index is -0.184. The fraction of sp³-hybridized carbons (Fsp3) is 0.727. The summed E-state index contributed by atoms with van der Waals surface area (Å²) in [6.07, 6.45) is 8.15. The van der Waals surface area contributed by atoms with E-state index in [0.717, 1.165) is 12.8 Å². The maximum atomic E-state index is 9.38. The number of rotatable bonds is 7. The highest BCUT2D eigenvalue weighted by Gasteiger charge is 1.99. The van der Waals surface area contributed by atoms with E-state index >= 15 is 0 Å². The van der Waals surface area contributed by atoms with Gasteiger partial charge < -0.3 is 5.11 Å². The van der Waals surface area contributed by atoms with E-state index in [1.54, 1.807) is 6.08 Å². The average molecular weight is 168 g/mol. The Morgan fingerprint density at radius 3 is 2.75 bits per heavy atom. The zero-order valence-corrected chi connectivity index (χ0v) is 8.05. The lowest BCUT2D eigenvalue weighted by atomic mass is 10.1. The van der Waals surface area contributed by atoms with E-state index in [1.807, 2.05) is 0 Å². The third-order valence-electron chi connectivity index (χ3n) is 1.93. The molecule has 1 heteroatoms. The van der Waals surface area contributed by atoms with Gasteiger partial charge in [0.15, 0.2) is 0 Å². The molecule has 0 unspecified atom stereocenters. The van der Waals surface area contributed by atoms with Crippen LogP contribution in [0.15, 0.2) is 18.4 Å². The lowest BCUT2D eigenvalue weighted by Crippen LogP contribution is -2.03. The number of unbranched alkanes of at least 4 members (excludes halogenated alkanes) is 3. The minimum Gasteiger partial charge on any atom is -0.393 e. The molecule has 0 aromatic rings. The van der Waals surface area contributed by atoms with E-state index < -0.39 is 0 Å². The summed E-state index contributed by atoms with van der Waals surface area (Å²) in [5.41, 5.74) is 2.67. The summed E-state index contributed by atoms with van der Waals surface area (Å²) < 4.78 is 0. The molecule has 0 aromatic heterocycles. The molecular formula is C11H20O. The van der Waals surface area contributed by atoms with Gasteiger partial charge in [0.1, 0.15) is 0 Å². The van der Waals surface area contributed by atoms with Crippen LogP contribution in [0.4, 0.5) is 0 Å². The van der Waals surface area contributed by atoms with Crippen molar-refractivity contribution < 1.29 is 5.11 Å². The summed E-state index contributed by atoms with van der Waals surface area (Å²) in [5, 5.41) is 9.38. The van der Waals surface area contributed by atoms with E-state index in [2.05, 4.69) is 19.2 Å². The highest BCUT2D eigenvalue weighted by molar-refractivity contribution is 4.78. The predicted octanol–water partition coefficient (Wildman–Crippen LogP) is 3.05. The Hall–Kier alpha value is -0.520. The monoisotopic (exact) mass is 168 g/mol. The third-order valence-corrected chi connectivity index (χ3v) is 1.93. The standard InChI is InChI=1S/C11H20O/c1-3-5-7-8-10-11(12)9-6-4-2/h6,11-12H,2-3,5,7-10H2,1H3/t11-/m1/s1. The van der Waals surface area contributed by atoms with Gasteiger partial charge in [-0.25, -0.2) is 0 Å². The van der Waals surface area contributed by atoms with Crippen molar-refractivity contribution in [3.05, 3.63) is 18.4 Å². The van der Waals surface area contributed by atoms with Crippen molar-refractivity contribution >= 4 is 0 Å². The van der Waals surface area contributed by atoms with Crippen molar-refractivity contribution in [2.45, 2.75) is 51.6 Å². The van der Waals surface area contributed by atoms with E-state index in [0.29, 0.717) is 6.42 Å². The molecule has 0 saturated carbocycles. The topological polar surface area (TPSA) is 20.2 Å². The Balaban J connectivity index is 3.18. The van der Waals surface area contributed by atoms with Crippen LogP contribution in [0.2, 0.25) is 0 Å². The summed E-state index contributed by atoms with van der Waals surface area (Å²) >= 11 is 0. The predicted molar refractivity (Wildman–Crippen MR) is 53.1 cm³/mol. The van der Waals surface area contributed by atoms with Crippen LogP contribution in [-0.4, -0.2) is 11.2 Å². The van der Waals surface area contributed by atoms with Crippen molar-refractivity contribution in [2.75, 3.05) is 0 Å². The number of hydrogen-bond donors (Lipinski definition) is 1. The molecule has 0 bridgehead atoms. The molecule has 0 aromatic carbocycles. The molecule has 0 rings (SSSR count). The summed E-state index contributed by atoms with van der Waals surface area (Å²) in [5.74, 6) is 0. The van der Waals surface area contributed by atoms with Gasteiger partial charge in [-0.3, -0.25) is 0 Å². The van der Waals surface area contributed by atoms with Crippen LogP contribution in [0, 0.1) is 0 Å². The van der Waals surface area contributed by atoms with E-state index in [4.69, 9.17) is 0 Å². The van der Waals surface area contributed by atoms with Gasteiger partial charge in [0.25, 0.3) is 0 Å². The van der Waals surface area contributed by atoms with Crippen LogP contribution in [-0.2, 0) is 0 Å². The quantitative estimate of drug-likeness (QED) is 0.457. The van der Waals surface area contributed by atoms with Crippen LogP contribution in [0.1, 0.15) is 45.4 Å². The summed E-state index contributed by atoms with van der Waals surface area (Å²) in [6, 6.07) is 0. The molecule has 0 spiro atoms. The van der Waals surface area contributed by atoms with Crippen LogP contribution < -0.4 is 0 Å². The highest BCUT2D eigenvalue weighted by atomic mass is 16.3. The molecule has 0 fully saturated rings. The van der Waals surface area contributed by atoms with Crippen molar-refractivity contribution in [3.63, 3.8) is 0 Å². The van der Waals surface area contributed by atoms with Gasteiger partial charge in [-0.2, -0.15) is 0 Å². The van der Waals surface area contributed by atoms with Crippen LogP contribution in [0.5, 0.6) is 0 Å². The third kappa shape index (κ3) is 7.59. The van der Waals surface area contributed by atoms with Crippen molar-refractivity contribution in [2.24, 2.45) is 0 Å². The first-order chi connectivity index (χ1) is 5.81. The van der Waals surface area contributed by atoms with Crippen LogP contribution in [0.25, 0.3) is 0 Å². The highest BCUT2D eigenvalue weighted by Crippen LogP contribution is 2.07. The first-order valence-corrected chi connectivity index (χ1v) is 4.83. The molecule has 0 aliphatic rings. The van der Waals surface area contributed by atoms with E-state index in [1.165, 1.54) is 19.3 Å². The second-order valence-electron chi connectivity index (χ2n) is 3.15. The van der Waals surface area contributed by atoms with Gasteiger partial charge in [0, 0.05) is 0 Å². The smallest absolute Gasteiger partial charge is 0.0580 e. The number of aliphatic hydroxyl groups excluding tert-OH is 1. The van der Waals surface area contributed by atoms with Gasteiger partial charge in [-0.05, 0) is 18.9 Å². The lowest BCUT2D eigenvalue weighted by molar-refractivity contribution is 0.164. The largest absolute Gasteiger partial charge is 0.393 e. The van der Waals surface area contributed by atoms with Gasteiger partial charge in [-0.15, -0.1) is 5.73 Å². The molecule has 0 radical (unpaired) electrons. The van der Waals surface area contributed by atoms with Gasteiger partial charge >= 0.3 is 0 Å². The van der Waals surface area contributed by atoms with Crippen molar-refractivity contribution in [1.82, 2.24) is 0 Å². The lowest BCUT2D eigenvalue weighted by Gasteiger charge is -2.05. The van der Waals surface area contributed by atoms with Crippen molar-refractivity contribution in [1.29, 1.82) is 0 Å². The molecule has 1 atom stereocenters. The maximum absolute atomic E-state index is 9.38. The van der Waals surface area contributed by atoms with Crippen molar-refractivity contribution in [3.8, 4) is 0 Å². The molecule has 0 aliphatic carbocycles. The van der Waals surface area contributed by atoms with E-state index in [9.17, 15) is 5.11 Å². The summed E-state index contributed by atoms with van der Waals surface area (Å²) in [6.45, 7) is 5.64. The molecule has 1 nitrogen and oxygen atoms in total. The second kappa shape index (κ2) is 8.58. The Morgan fingerprint density at radius 2 is 2.17 bits per heavy atom. The SMILES string of the molecule is C=C=CC[C@@H](O)CCCCCC. The maximum Gasteiger partial charge on any atom is 0.0580 e. The Bertz CT molecular complexity index is 134. The molecule has 0 amide bonds. The Labute approximate surface area is 75.8 Å². The number of hydrogen-bond acceptors (Lipinski definition) is 1. The minimum absolute atomic E-state index is 0.184. The van der Waals surface area contributed by atoms with Crippen LogP contribution >= 0.6 is 0 Å². The fourth-order valence-corrected chi connectivity index (χ4v) is 1.14.